The predicted octanol–water partition coefficient (Wildman–Crippen LogP) is -0.621. The Labute approximate surface area is 142 Å². The minimum Gasteiger partial charge on any atom is -0.462 e. The summed E-state index contributed by atoms with van der Waals surface area (Å²) in [4.78, 5) is 52.8. The van der Waals surface area contributed by atoms with E-state index in [1.807, 2.05) is 0 Å². The van der Waals surface area contributed by atoms with Crippen molar-refractivity contribution < 1.29 is 33.1 Å². The number of hydrogen-bond acceptors (Lipinski definition) is 6. The Bertz CT molecular complexity index is 624. The van der Waals surface area contributed by atoms with Gasteiger partial charge in [0, 0.05) is 6.92 Å². The van der Waals surface area contributed by atoms with E-state index in [9.17, 15) is 23.6 Å². The van der Waals surface area contributed by atoms with Gasteiger partial charge in [0.05, 0.1) is 19.2 Å². The number of hydrazine groups is 1. The zero-order chi connectivity index (χ0) is 18.7. The van der Waals surface area contributed by atoms with E-state index in [1.54, 1.807) is 13.0 Å². The number of carbonyl (C=O) groups is 4. The first-order valence-electron chi connectivity index (χ1n) is 7.58. The summed E-state index contributed by atoms with van der Waals surface area (Å²) in [6.07, 6.45) is -0.887. The van der Waals surface area contributed by atoms with Crippen LogP contribution in [-0.2, 0) is 24.0 Å². The van der Waals surface area contributed by atoms with Gasteiger partial charge in [0.1, 0.15) is 6.04 Å². The Kier molecular flexibility index (Phi) is 5.57. The van der Waals surface area contributed by atoms with E-state index in [1.165, 1.54) is 13.8 Å². The summed E-state index contributed by atoms with van der Waals surface area (Å²) < 4.78 is 18.3. The van der Waals surface area contributed by atoms with Crippen molar-refractivity contribution in [2.45, 2.75) is 39.2 Å². The Balaban J connectivity index is 2.09. The summed E-state index contributed by atoms with van der Waals surface area (Å²) in [7, 11) is 0. The number of alkyl halides is 1. The summed E-state index contributed by atoms with van der Waals surface area (Å²) >= 11 is 0. The molecule has 1 unspecified atom stereocenters. The molecule has 2 rings (SSSR count). The van der Waals surface area contributed by atoms with Gasteiger partial charge in [-0.25, -0.2) is 18.8 Å². The number of urea groups is 1. The number of hydrogen-bond donors (Lipinski definition) is 2. The molecular formula is C14H19FN4O6. The molecule has 0 radical (unpaired) electrons. The van der Waals surface area contributed by atoms with Crippen LogP contribution in [0.2, 0.25) is 0 Å². The normalized spacial score (nSPS) is 23.0. The Morgan fingerprint density at radius 1 is 1.40 bits per heavy atom. The van der Waals surface area contributed by atoms with Crippen molar-refractivity contribution >= 4 is 23.8 Å². The van der Waals surface area contributed by atoms with E-state index in [-0.39, 0.29) is 13.2 Å². The van der Waals surface area contributed by atoms with Crippen LogP contribution in [0.1, 0.15) is 20.8 Å². The number of rotatable bonds is 5. The molecule has 4 amide bonds. The minimum atomic E-state index is -2.45. The molecule has 2 N–H and O–H groups in total. The molecule has 2 aliphatic heterocycles. The van der Waals surface area contributed by atoms with E-state index in [0.717, 1.165) is 4.90 Å². The lowest BCUT2D eigenvalue weighted by Crippen LogP contribution is -2.54. The van der Waals surface area contributed by atoms with E-state index >= 15 is 0 Å². The van der Waals surface area contributed by atoms with Crippen molar-refractivity contribution in [1.29, 1.82) is 0 Å². The average molecular weight is 358 g/mol. The lowest BCUT2D eigenvalue weighted by atomic mass is 10.0. The molecule has 0 saturated carbocycles. The Morgan fingerprint density at radius 2 is 2.08 bits per heavy atom. The number of esters is 1. The molecule has 0 aromatic rings. The molecule has 11 heteroatoms. The van der Waals surface area contributed by atoms with Gasteiger partial charge in [0.15, 0.2) is 0 Å². The summed E-state index contributed by atoms with van der Waals surface area (Å²) in [6.45, 7) is 4.38. The fraction of sp³-hybridized carbons (Fsp3) is 0.571. The second kappa shape index (κ2) is 7.47. The Morgan fingerprint density at radius 3 is 2.68 bits per heavy atom. The van der Waals surface area contributed by atoms with Gasteiger partial charge in [-0.1, -0.05) is 6.08 Å². The van der Waals surface area contributed by atoms with Gasteiger partial charge in [-0.2, -0.15) is 5.06 Å². The third-order valence-electron chi connectivity index (χ3n) is 3.61. The number of fused-ring (bicyclic) bond motifs is 2. The van der Waals surface area contributed by atoms with Gasteiger partial charge in [-0.05, 0) is 19.4 Å². The molecule has 2 bridgehead atoms. The number of amides is 4. The van der Waals surface area contributed by atoms with Gasteiger partial charge in [0.25, 0.3) is 5.91 Å². The van der Waals surface area contributed by atoms with Gasteiger partial charge in [-0.15, -0.1) is 0 Å². The highest BCUT2D eigenvalue weighted by Crippen LogP contribution is 2.30. The van der Waals surface area contributed by atoms with Crippen LogP contribution in [0.25, 0.3) is 0 Å². The number of nitrogens with one attached hydrogen (secondary N) is 2. The van der Waals surface area contributed by atoms with Gasteiger partial charge >= 0.3 is 18.4 Å². The lowest BCUT2D eigenvalue weighted by Gasteiger charge is -2.28. The molecule has 25 heavy (non-hydrogen) atoms. The molecule has 0 aromatic heterocycles. The topological polar surface area (TPSA) is 117 Å². The molecule has 1 saturated heterocycles. The van der Waals surface area contributed by atoms with Gasteiger partial charge in [-0.3, -0.25) is 20.4 Å². The quantitative estimate of drug-likeness (QED) is 0.384. The number of carbonyl (C=O) groups excluding carboxylic acids is 4. The molecule has 0 aromatic carbocycles. The Hall–Kier alpha value is -2.69. The van der Waals surface area contributed by atoms with Crippen molar-refractivity contribution in [2.24, 2.45) is 0 Å². The molecular weight excluding hydrogens is 339 g/mol. The highest BCUT2D eigenvalue weighted by Gasteiger charge is 2.48. The van der Waals surface area contributed by atoms with Crippen LogP contribution in [0.15, 0.2) is 11.6 Å². The molecule has 2 aliphatic rings. The molecule has 2 heterocycles. The molecule has 10 nitrogen and oxygen atoms in total. The van der Waals surface area contributed by atoms with E-state index in [4.69, 9.17) is 4.84 Å². The molecule has 0 aliphatic carbocycles. The first kappa shape index (κ1) is 18.6. The maximum atomic E-state index is 13.8. The average Bonchev–Trinajstić information content (AvgIpc) is 2.78. The van der Waals surface area contributed by atoms with Crippen molar-refractivity contribution in [3.05, 3.63) is 11.6 Å². The van der Waals surface area contributed by atoms with Crippen molar-refractivity contribution in [3.63, 3.8) is 0 Å². The standard InChI is InChI=1S/C14H19FN4O6/c1-4-24-13(22)11(15)25-19-9-5-7(2)10(18(6-9)14(19)23)12(21)17-16-8(3)20/h5,9-11H,4,6H2,1-3H3,(H,16,20)(H,17,21)/t9-,10+,11?/m1/s1. The van der Waals surface area contributed by atoms with Crippen molar-refractivity contribution in [2.75, 3.05) is 13.2 Å². The highest BCUT2D eigenvalue weighted by molar-refractivity contribution is 5.92. The maximum Gasteiger partial charge on any atom is 0.370 e. The van der Waals surface area contributed by atoms with Crippen molar-refractivity contribution in [3.8, 4) is 0 Å². The van der Waals surface area contributed by atoms with Crippen LogP contribution in [0.5, 0.6) is 0 Å². The molecule has 1 fully saturated rings. The number of halogens is 1. The zero-order valence-electron chi connectivity index (χ0n) is 13.9. The lowest BCUT2D eigenvalue weighted by molar-refractivity contribution is -0.223. The number of nitrogens with zero attached hydrogens (tertiary/aromatic N) is 2. The first-order valence-corrected chi connectivity index (χ1v) is 7.58. The number of hydroxylamine groups is 2. The fourth-order valence-corrected chi connectivity index (χ4v) is 2.64. The predicted molar refractivity (Wildman–Crippen MR) is 79.8 cm³/mol. The second-order valence-electron chi connectivity index (χ2n) is 5.49. The van der Waals surface area contributed by atoms with Crippen LogP contribution in [-0.4, -0.2) is 65.4 Å². The highest BCUT2D eigenvalue weighted by atomic mass is 19.1. The van der Waals surface area contributed by atoms with Crippen LogP contribution in [0.4, 0.5) is 9.18 Å². The smallest absolute Gasteiger partial charge is 0.370 e. The van der Waals surface area contributed by atoms with Crippen LogP contribution in [0.3, 0.4) is 0 Å². The van der Waals surface area contributed by atoms with Gasteiger partial charge < -0.3 is 9.64 Å². The third kappa shape index (κ3) is 3.87. The molecule has 0 spiro atoms. The van der Waals surface area contributed by atoms with E-state index in [2.05, 4.69) is 15.6 Å². The van der Waals surface area contributed by atoms with Crippen LogP contribution >= 0.6 is 0 Å². The molecule has 138 valence electrons. The van der Waals surface area contributed by atoms with Crippen molar-refractivity contribution in [1.82, 2.24) is 20.8 Å². The summed E-state index contributed by atoms with van der Waals surface area (Å²) in [5.74, 6) is -2.34. The summed E-state index contributed by atoms with van der Waals surface area (Å²) in [5, 5.41) is 0.705. The summed E-state index contributed by atoms with van der Waals surface area (Å²) in [6, 6.07) is -2.40. The third-order valence-corrected chi connectivity index (χ3v) is 3.61. The summed E-state index contributed by atoms with van der Waals surface area (Å²) in [5.41, 5.74) is 4.85. The van der Waals surface area contributed by atoms with E-state index in [0.29, 0.717) is 10.6 Å². The maximum absolute atomic E-state index is 13.8. The SMILES string of the molecule is CCOC(=O)C(F)ON1C(=O)N2C[C@H]1C=C(C)[C@H]2C(=O)NNC(C)=O. The van der Waals surface area contributed by atoms with E-state index < -0.39 is 42.3 Å². The first-order chi connectivity index (χ1) is 11.8. The monoisotopic (exact) mass is 358 g/mol. The van der Waals surface area contributed by atoms with Gasteiger partial charge in [0.2, 0.25) is 5.91 Å². The second-order valence-corrected chi connectivity index (χ2v) is 5.49. The minimum absolute atomic E-state index is 0.0312. The fourth-order valence-electron chi connectivity index (χ4n) is 2.64. The van der Waals surface area contributed by atoms with Crippen LogP contribution < -0.4 is 10.9 Å². The largest absolute Gasteiger partial charge is 0.462 e. The zero-order valence-corrected chi connectivity index (χ0v) is 13.9. The number of ether oxygens (including phenoxy) is 1. The molecule has 3 atom stereocenters. The van der Waals surface area contributed by atoms with Crippen LogP contribution in [0, 0.1) is 0 Å².